The summed E-state index contributed by atoms with van der Waals surface area (Å²) in [6.45, 7) is 8.05. The second-order valence-electron chi connectivity index (χ2n) is 2.89. The third-order valence-electron chi connectivity index (χ3n) is 1.58. The minimum atomic E-state index is 1.11. The lowest BCUT2D eigenvalue weighted by Crippen LogP contribution is -1.62. The topological polar surface area (TPSA) is 28.7 Å². The third kappa shape index (κ3) is 7.50. The standard InChI is InChI=1S/C7H8.C4H6N2.C2H6/c1-7-5-3-2-4-6-7;1-4-2-5-3-6-4;1-2/h2-6H,1H3;2-3H,1H3,(H,5,6);1-2H3. The molecule has 0 saturated carbocycles. The van der Waals surface area contributed by atoms with Gasteiger partial charge in [-0.15, -0.1) is 0 Å². The van der Waals surface area contributed by atoms with Crippen molar-refractivity contribution in [1.82, 2.24) is 9.97 Å². The molecule has 82 valence electrons. The highest BCUT2D eigenvalue weighted by Gasteiger charge is 1.73. The molecule has 0 aliphatic rings. The number of aromatic amines is 1. The van der Waals surface area contributed by atoms with E-state index in [0.29, 0.717) is 0 Å². The van der Waals surface area contributed by atoms with E-state index in [1.165, 1.54) is 5.56 Å². The first kappa shape index (κ1) is 13.4. The number of H-pyrrole nitrogens is 1. The summed E-state index contributed by atoms with van der Waals surface area (Å²) in [7, 11) is 0. The predicted octanol–water partition coefficient (Wildman–Crippen LogP) is 3.74. The average molecular weight is 204 g/mol. The summed E-state index contributed by atoms with van der Waals surface area (Å²) in [6.07, 6.45) is 3.44. The fourth-order valence-corrected chi connectivity index (χ4v) is 0.860. The van der Waals surface area contributed by atoms with E-state index in [1.807, 2.05) is 39.0 Å². The van der Waals surface area contributed by atoms with Crippen LogP contribution in [0.2, 0.25) is 0 Å². The minimum absolute atomic E-state index is 1.11. The normalized spacial score (nSPS) is 8.00. The van der Waals surface area contributed by atoms with Gasteiger partial charge in [-0.3, -0.25) is 0 Å². The van der Waals surface area contributed by atoms with E-state index in [9.17, 15) is 0 Å². The maximum Gasteiger partial charge on any atom is 0.0921 e. The molecule has 0 spiro atoms. The molecule has 0 aliphatic carbocycles. The minimum Gasteiger partial charge on any atom is -0.349 e. The molecule has 15 heavy (non-hydrogen) atoms. The number of aromatic nitrogens is 2. The molecule has 2 aromatic rings. The molecule has 0 bridgehead atoms. The van der Waals surface area contributed by atoms with Crippen molar-refractivity contribution in [2.24, 2.45) is 0 Å². The fraction of sp³-hybridized carbons (Fsp3) is 0.308. The van der Waals surface area contributed by atoms with Crippen LogP contribution in [-0.4, -0.2) is 9.97 Å². The van der Waals surface area contributed by atoms with Gasteiger partial charge < -0.3 is 4.98 Å². The lowest BCUT2D eigenvalue weighted by Gasteiger charge is -1.82. The van der Waals surface area contributed by atoms with Gasteiger partial charge in [-0.05, 0) is 13.8 Å². The van der Waals surface area contributed by atoms with E-state index >= 15 is 0 Å². The summed E-state index contributed by atoms with van der Waals surface area (Å²) in [5.41, 5.74) is 2.43. The Labute approximate surface area is 92.4 Å². The van der Waals surface area contributed by atoms with E-state index in [4.69, 9.17) is 0 Å². The Bertz CT molecular complexity index is 312. The van der Waals surface area contributed by atoms with Crippen LogP contribution in [0.1, 0.15) is 25.1 Å². The number of hydrogen-bond donors (Lipinski definition) is 1. The van der Waals surface area contributed by atoms with Crippen molar-refractivity contribution in [3.05, 3.63) is 54.1 Å². The van der Waals surface area contributed by atoms with Crippen LogP contribution in [0.4, 0.5) is 0 Å². The first-order valence-electron chi connectivity index (χ1n) is 5.25. The van der Waals surface area contributed by atoms with Crippen LogP contribution in [0, 0.1) is 13.8 Å². The van der Waals surface area contributed by atoms with E-state index < -0.39 is 0 Å². The summed E-state index contributed by atoms with van der Waals surface area (Å²) in [4.78, 5) is 6.66. The third-order valence-corrected chi connectivity index (χ3v) is 1.58. The van der Waals surface area contributed by atoms with Gasteiger partial charge in [0.25, 0.3) is 0 Å². The number of rotatable bonds is 0. The van der Waals surface area contributed by atoms with E-state index in [-0.39, 0.29) is 0 Å². The Hall–Kier alpha value is -1.57. The Balaban J connectivity index is 0.000000227. The zero-order valence-electron chi connectivity index (χ0n) is 9.99. The molecule has 0 saturated heterocycles. The number of imidazole rings is 1. The maximum absolute atomic E-state index is 3.77. The average Bonchev–Trinajstić information content (AvgIpc) is 2.74. The van der Waals surface area contributed by atoms with Crippen LogP contribution in [0.25, 0.3) is 0 Å². The second-order valence-corrected chi connectivity index (χ2v) is 2.89. The first-order valence-corrected chi connectivity index (χ1v) is 5.25. The van der Waals surface area contributed by atoms with Crippen molar-refractivity contribution < 1.29 is 0 Å². The number of hydrogen-bond acceptors (Lipinski definition) is 1. The lowest BCUT2D eigenvalue weighted by atomic mass is 10.2. The van der Waals surface area contributed by atoms with Gasteiger partial charge in [0.15, 0.2) is 0 Å². The molecular weight excluding hydrogens is 184 g/mol. The number of aryl methyl sites for hydroxylation is 2. The largest absolute Gasteiger partial charge is 0.349 e. The molecule has 1 aromatic carbocycles. The molecule has 0 unspecified atom stereocenters. The molecule has 2 nitrogen and oxygen atoms in total. The van der Waals surface area contributed by atoms with Crippen molar-refractivity contribution >= 4 is 0 Å². The molecular formula is C13H20N2. The van der Waals surface area contributed by atoms with Gasteiger partial charge in [-0.2, -0.15) is 0 Å². The highest BCUT2D eigenvalue weighted by Crippen LogP contribution is 1.92. The van der Waals surface area contributed by atoms with E-state index in [1.54, 1.807) is 12.5 Å². The smallest absolute Gasteiger partial charge is 0.0921 e. The lowest BCUT2D eigenvalue weighted by molar-refractivity contribution is 1.25. The monoisotopic (exact) mass is 204 g/mol. The van der Waals surface area contributed by atoms with Crippen LogP contribution in [0.15, 0.2) is 42.9 Å². The Kier molecular flexibility index (Phi) is 8.06. The SMILES string of the molecule is CC.Cc1ccccc1.Cc1cnc[nH]1. The summed E-state index contributed by atoms with van der Waals surface area (Å²) in [5.74, 6) is 0. The quantitative estimate of drug-likeness (QED) is 0.695. The fourth-order valence-electron chi connectivity index (χ4n) is 0.860. The van der Waals surface area contributed by atoms with Crippen molar-refractivity contribution in [2.45, 2.75) is 27.7 Å². The number of nitrogens with one attached hydrogen (secondary N) is 1. The van der Waals surface area contributed by atoms with Gasteiger partial charge >= 0.3 is 0 Å². The van der Waals surface area contributed by atoms with E-state index in [2.05, 4.69) is 29.0 Å². The molecule has 0 radical (unpaired) electrons. The summed E-state index contributed by atoms with van der Waals surface area (Å²) < 4.78 is 0. The second kappa shape index (κ2) is 9.00. The maximum atomic E-state index is 3.77. The van der Waals surface area contributed by atoms with Crippen LogP contribution < -0.4 is 0 Å². The Morgan fingerprint density at radius 1 is 1.00 bits per heavy atom. The van der Waals surface area contributed by atoms with Crippen molar-refractivity contribution in [2.75, 3.05) is 0 Å². The number of nitrogens with zero attached hydrogens (tertiary/aromatic N) is 1. The molecule has 0 atom stereocenters. The van der Waals surface area contributed by atoms with Crippen molar-refractivity contribution in [1.29, 1.82) is 0 Å². The van der Waals surface area contributed by atoms with Gasteiger partial charge in [0.2, 0.25) is 0 Å². The van der Waals surface area contributed by atoms with Crippen molar-refractivity contribution in [3.63, 3.8) is 0 Å². The first-order chi connectivity index (χ1) is 7.29. The van der Waals surface area contributed by atoms with Crippen LogP contribution >= 0.6 is 0 Å². The van der Waals surface area contributed by atoms with Gasteiger partial charge in [-0.25, -0.2) is 4.98 Å². The van der Waals surface area contributed by atoms with Crippen LogP contribution in [-0.2, 0) is 0 Å². The van der Waals surface area contributed by atoms with Gasteiger partial charge in [0.1, 0.15) is 0 Å². The van der Waals surface area contributed by atoms with Gasteiger partial charge in [0, 0.05) is 11.9 Å². The van der Waals surface area contributed by atoms with E-state index in [0.717, 1.165) is 5.69 Å². The molecule has 1 heterocycles. The zero-order valence-corrected chi connectivity index (χ0v) is 9.99. The Morgan fingerprint density at radius 3 is 1.80 bits per heavy atom. The van der Waals surface area contributed by atoms with Gasteiger partial charge in [-0.1, -0.05) is 49.7 Å². The molecule has 0 amide bonds. The van der Waals surface area contributed by atoms with Crippen LogP contribution in [0.5, 0.6) is 0 Å². The molecule has 0 aliphatic heterocycles. The molecule has 2 rings (SSSR count). The van der Waals surface area contributed by atoms with Crippen molar-refractivity contribution in [3.8, 4) is 0 Å². The molecule has 2 heteroatoms. The Morgan fingerprint density at radius 2 is 1.60 bits per heavy atom. The highest BCUT2D eigenvalue weighted by atomic mass is 14.8. The molecule has 1 aromatic heterocycles. The predicted molar refractivity (Wildman–Crippen MR) is 65.9 cm³/mol. The van der Waals surface area contributed by atoms with Crippen LogP contribution in [0.3, 0.4) is 0 Å². The van der Waals surface area contributed by atoms with Gasteiger partial charge in [0.05, 0.1) is 6.33 Å². The highest BCUT2D eigenvalue weighted by molar-refractivity contribution is 5.11. The zero-order chi connectivity index (χ0) is 11.5. The summed E-state index contributed by atoms with van der Waals surface area (Å²) >= 11 is 0. The summed E-state index contributed by atoms with van der Waals surface area (Å²) in [6, 6.07) is 10.3. The number of benzene rings is 1. The molecule has 0 fully saturated rings. The molecule has 1 N–H and O–H groups in total. The summed E-state index contributed by atoms with van der Waals surface area (Å²) in [5, 5.41) is 0.